The first-order valence-electron chi connectivity index (χ1n) is 5.24. The number of nitrogens with one attached hydrogen (secondary N) is 1. The zero-order chi connectivity index (χ0) is 9.80. The average Bonchev–Trinajstić information content (AvgIpc) is 2.61. The van der Waals surface area contributed by atoms with Crippen molar-refractivity contribution in [2.45, 2.75) is 25.4 Å². The van der Waals surface area contributed by atoms with Crippen LogP contribution in [0.3, 0.4) is 0 Å². The molecule has 1 aliphatic carbocycles. The van der Waals surface area contributed by atoms with Crippen molar-refractivity contribution >= 4 is 11.3 Å². The number of aliphatic hydroxyl groups is 1. The van der Waals surface area contributed by atoms with Crippen molar-refractivity contribution in [2.24, 2.45) is 5.92 Å². The van der Waals surface area contributed by atoms with Gasteiger partial charge >= 0.3 is 0 Å². The Balaban J connectivity index is 1.52. The van der Waals surface area contributed by atoms with E-state index in [1.807, 2.05) is 0 Å². The van der Waals surface area contributed by atoms with Gasteiger partial charge in [-0.2, -0.15) is 11.3 Å². The minimum Gasteiger partial charge on any atom is -0.393 e. The number of aliphatic hydroxyl groups excluding tert-OH is 1. The molecule has 2 rings (SSSR count). The largest absolute Gasteiger partial charge is 0.393 e. The topological polar surface area (TPSA) is 32.3 Å². The summed E-state index contributed by atoms with van der Waals surface area (Å²) < 4.78 is 0. The van der Waals surface area contributed by atoms with Crippen molar-refractivity contribution in [1.29, 1.82) is 0 Å². The molecule has 0 unspecified atom stereocenters. The zero-order valence-electron chi connectivity index (χ0n) is 8.28. The van der Waals surface area contributed by atoms with Crippen LogP contribution < -0.4 is 5.32 Å². The number of rotatable bonds is 5. The molecule has 0 saturated heterocycles. The predicted octanol–water partition coefficient (Wildman–Crippen LogP) is 1.65. The standard InChI is InChI=1S/C11H17NOS/c13-11-5-10(6-11)7-12-3-1-9-2-4-14-8-9/h2,4,8,10-13H,1,3,5-7H2. The van der Waals surface area contributed by atoms with Gasteiger partial charge in [0.25, 0.3) is 0 Å². The van der Waals surface area contributed by atoms with Crippen LogP contribution in [0.5, 0.6) is 0 Å². The number of hydrogen-bond acceptors (Lipinski definition) is 3. The summed E-state index contributed by atoms with van der Waals surface area (Å²) in [6.07, 6.45) is 3.09. The van der Waals surface area contributed by atoms with E-state index in [1.54, 1.807) is 11.3 Å². The molecule has 1 aliphatic rings. The Hall–Kier alpha value is -0.380. The van der Waals surface area contributed by atoms with Crippen molar-refractivity contribution in [3.05, 3.63) is 22.4 Å². The van der Waals surface area contributed by atoms with E-state index in [9.17, 15) is 0 Å². The minimum atomic E-state index is -0.0151. The highest BCUT2D eigenvalue weighted by Gasteiger charge is 2.26. The molecule has 0 spiro atoms. The Morgan fingerprint density at radius 2 is 2.36 bits per heavy atom. The van der Waals surface area contributed by atoms with Gasteiger partial charge in [0.1, 0.15) is 0 Å². The lowest BCUT2D eigenvalue weighted by atomic mass is 9.82. The lowest BCUT2D eigenvalue weighted by Crippen LogP contribution is -2.36. The highest BCUT2D eigenvalue weighted by atomic mass is 32.1. The second kappa shape index (κ2) is 4.91. The van der Waals surface area contributed by atoms with Gasteiger partial charge in [0.2, 0.25) is 0 Å². The Kier molecular flexibility index (Phi) is 3.56. The van der Waals surface area contributed by atoms with Gasteiger partial charge in [-0.3, -0.25) is 0 Å². The Bertz CT molecular complexity index is 254. The van der Waals surface area contributed by atoms with E-state index in [0.717, 1.165) is 32.4 Å². The second-order valence-corrected chi connectivity index (χ2v) is 4.86. The molecule has 0 radical (unpaired) electrons. The zero-order valence-corrected chi connectivity index (χ0v) is 9.09. The molecular formula is C11H17NOS. The molecule has 1 heterocycles. The van der Waals surface area contributed by atoms with Crippen molar-refractivity contribution in [3.8, 4) is 0 Å². The molecular weight excluding hydrogens is 194 g/mol. The average molecular weight is 211 g/mol. The molecule has 1 fully saturated rings. The summed E-state index contributed by atoms with van der Waals surface area (Å²) in [4.78, 5) is 0. The van der Waals surface area contributed by atoms with Crippen LogP contribution in [0.25, 0.3) is 0 Å². The fourth-order valence-corrected chi connectivity index (χ4v) is 2.54. The summed E-state index contributed by atoms with van der Waals surface area (Å²) in [6, 6.07) is 2.18. The molecule has 1 aromatic heterocycles. The van der Waals surface area contributed by atoms with Crippen LogP contribution in [-0.2, 0) is 6.42 Å². The van der Waals surface area contributed by atoms with Gasteiger partial charge in [0.15, 0.2) is 0 Å². The van der Waals surface area contributed by atoms with Crippen molar-refractivity contribution in [2.75, 3.05) is 13.1 Å². The van der Waals surface area contributed by atoms with Crippen LogP contribution in [0.4, 0.5) is 0 Å². The van der Waals surface area contributed by atoms with Crippen LogP contribution >= 0.6 is 11.3 Å². The maximum atomic E-state index is 9.10. The Labute approximate surface area is 89.0 Å². The maximum absolute atomic E-state index is 9.10. The molecule has 2 nitrogen and oxygen atoms in total. The Morgan fingerprint density at radius 1 is 1.50 bits per heavy atom. The van der Waals surface area contributed by atoms with E-state index in [2.05, 4.69) is 22.1 Å². The predicted molar refractivity (Wildman–Crippen MR) is 59.6 cm³/mol. The van der Waals surface area contributed by atoms with Crippen molar-refractivity contribution < 1.29 is 5.11 Å². The fourth-order valence-electron chi connectivity index (χ4n) is 1.84. The lowest BCUT2D eigenvalue weighted by molar-refractivity contribution is 0.0432. The molecule has 1 saturated carbocycles. The lowest BCUT2D eigenvalue weighted by Gasteiger charge is -2.31. The molecule has 2 N–H and O–H groups in total. The summed E-state index contributed by atoms with van der Waals surface area (Å²) in [7, 11) is 0. The van der Waals surface area contributed by atoms with E-state index >= 15 is 0 Å². The minimum absolute atomic E-state index is 0.0151. The van der Waals surface area contributed by atoms with Crippen molar-refractivity contribution in [1.82, 2.24) is 5.32 Å². The third-order valence-electron chi connectivity index (χ3n) is 2.81. The molecule has 78 valence electrons. The molecule has 0 bridgehead atoms. The summed E-state index contributed by atoms with van der Waals surface area (Å²) in [5, 5.41) is 16.9. The van der Waals surface area contributed by atoms with Gasteiger partial charge in [-0.05, 0) is 60.7 Å². The van der Waals surface area contributed by atoms with E-state index in [-0.39, 0.29) is 6.10 Å². The molecule has 1 aromatic rings. The van der Waals surface area contributed by atoms with E-state index in [0.29, 0.717) is 5.92 Å². The number of thiophene rings is 1. The van der Waals surface area contributed by atoms with Crippen LogP contribution in [0, 0.1) is 5.92 Å². The van der Waals surface area contributed by atoms with E-state index < -0.39 is 0 Å². The molecule has 0 atom stereocenters. The highest BCUT2D eigenvalue weighted by molar-refractivity contribution is 7.07. The molecule has 0 amide bonds. The van der Waals surface area contributed by atoms with Gasteiger partial charge in [0.05, 0.1) is 6.10 Å². The van der Waals surface area contributed by atoms with Gasteiger partial charge in [-0.25, -0.2) is 0 Å². The van der Waals surface area contributed by atoms with Gasteiger partial charge in [0, 0.05) is 0 Å². The van der Waals surface area contributed by atoms with Gasteiger partial charge < -0.3 is 10.4 Å². The number of hydrogen-bond donors (Lipinski definition) is 2. The van der Waals surface area contributed by atoms with E-state index in [1.165, 1.54) is 5.56 Å². The quantitative estimate of drug-likeness (QED) is 0.726. The van der Waals surface area contributed by atoms with Crippen LogP contribution in [0.2, 0.25) is 0 Å². The first kappa shape index (κ1) is 10.1. The van der Waals surface area contributed by atoms with Gasteiger partial charge in [-0.1, -0.05) is 0 Å². The third kappa shape index (κ3) is 2.80. The van der Waals surface area contributed by atoms with Crippen LogP contribution in [0.1, 0.15) is 18.4 Å². The molecule has 14 heavy (non-hydrogen) atoms. The summed E-state index contributed by atoms with van der Waals surface area (Å²) in [6.45, 7) is 2.13. The summed E-state index contributed by atoms with van der Waals surface area (Å²) >= 11 is 1.76. The van der Waals surface area contributed by atoms with Gasteiger partial charge in [-0.15, -0.1) is 0 Å². The van der Waals surface area contributed by atoms with Crippen molar-refractivity contribution in [3.63, 3.8) is 0 Å². The summed E-state index contributed by atoms with van der Waals surface area (Å²) in [5.74, 6) is 0.715. The SMILES string of the molecule is OC1CC(CNCCc2ccsc2)C1. The first-order chi connectivity index (χ1) is 6.84. The second-order valence-electron chi connectivity index (χ2n) is 4.08. The first-order valence-corrected chi connectivity index (χ1v) is 6.18. The fraction of sp³-hybridized carbons (Fsp3) is 0.636. The molecule has 0 aliphatic heterocycles. The third-order valence-corrected chi connectivity index (χ3v) is 3.55. The van der Waals surface area contributed by atoms with E-state index in [4.69, 9.17) is 5.11 Å². The maximum Gasteiger partial charge on any atom is 0.0546 e. The monoisotopic (exact) mass is 211 g/mol. The summed E-state index contributed by atoms with van der Waals surface area (Å²) in [5.41, 5.74) is 1.43. The molecule has 3 heteroatoms. The highest BCUT2D eigenvalue weighted by Crippen LogP contribution is 2.25. The Morgan fingerprint density at radius 3 is 3.00 bits per heavy atom. The van der Waals surface area contributed by atoms with Crippen LogP contribution in [0.15, 0.2) is 16.8 Å². The smallest absolute Gasteiger partial charge is 0.0546 e. The van der Waals surface area contributed by atoms with Crippen LogP contribution in [-0.4, -0.2) is 24.3 Å². The molecule has 0 aromatic carbocycles. The normalized spacial score (nSPS) is 26.1.